The minimum atomic E-state index is 0.661. The summed E-state index contributed by atoms with van der Waals surface area (Å²) in [5.41, 5.74) is 8.55. The van der Waals surface area contributed by atoms with Crippen molar-refractivity contribution in [2.75, 3.05) is 5.73 Å². The zero-order chi connectivity index (χ0) is 11.5. The van der Waals surface area contributed by atoms with E-state index >= 15 is 0 Å². The SMILES string of the molecule is Cc1ccc(N)cc1SCc1nnsc1Cl. The molecule has 0 aliphatic carbocycles. The number of nitrogen functional groups attached to an aromatic ring is 1. The normalized spacial score (nSPS) is 10.6. The zero-order valence-corrected chi connectivity index (χ0v) is 11.0. The minimum absolute atomic E-state index is 0.661. The van der Waals surface area contributed by atoms with Crippen LogP contribution in [0.1, 0.15) is 11.3 Å². The monoisotopic (exact) mass is 271 g/mol. The van der Waals surface area contributed by atoms with E-state index in [9.17, 15) is 0 Å². The lowest BCUT2D eigenvalue weighted by atomic mass is 10.2. The highest BCUT2D eigenvalue weighted by atomic mass is 35.5. The summed E-state index contributed by atoms with van der Waals surface area (Å²) in [4.78, 5) is 1.16. The van der Waals surface area contributed by atoms with Crippen LogP contribution < -0.4 is 5.73 Å². The molecule has 2 rings (SSSR count). The number of rotatable bonds is 3. The highest BCUT2D eigenvalue weighted by molar-refractivity contribution is 7.98. The van der Waals surface area contributed by atoms with Gasteiger partial charge in [-0.3, -0.25) is 0 Å². The van der Waals surface area contributed by atoms with Gasteiger partial charge in [-0.05, 0) is 24.6 Å². The number of hydrogen-bond acceptors (Lipinski definition) is 5. The summed E-state index contributed by atoms with van der Waals surface area (Å²) in [6, 6.07) is 5.88. The van der Waals surface area contributed by atoms with Crippen LogP contribution in [0.15, 0.2) is 23.1 Å². The summed E-state index contributed by atoms with van der Waals surface area (Å²) in [5.74, 6) is 0.722. The van der Waals surface area contributed by atoms with Crippen molar-refractivity contribution in [1.29, 1.82) is 0 Å². The average molecular weight is 272 g/mol. The molecule has 2 aromatic rings. The van der Waals surface area contributed by atoms with Crippen LogP contribution in [0.5, 0.6) is 0 Å². The van der Waals surface area contributed by atoms with Gasteiger partial charge in [-0.2, -0.15) is 0 Å². The first kappa shape index (κ1) is 11.7. The molecule has 0 saturated heterocycles. The Labute approximate surface area is 107 Å². The van der Waals surface area contributed by atoms with Crippen LogP contribution in [0.3, 0.4) is 0 Å². The lowest BCUT2D eigenvalue weighted by Crippen LogP contribution is -1.88. The van der Waals surface area contributed by atoms with E-state index in [1.807, 2.05) is 18.2 Å². The summed E-state index contributed by atoms with van der Waals surface area (Å²) < 4.78 is 4.46. The molecule has 0 bridgehead atoms. The topological polar surface area (TPSA) is 51.8 Å². The molecular weight excluding hydrogens is 262 g/mol. The molecule has 0 aliphatic rings. The second-order valence-corrected chi connectivity index (χ2v) is 5.68. The van der Waals surface area contributed by atoms with Gasteiger partial charge in [0.25, 0.3) is 0 Å². The molecule has 1 heterocycles. The fourth-order valence-corrected chi connectivity index (χ4v) is 3.01. The Morgan fingerprint density at radius 2 is 2.31 bits per heavy atom. The van der Waals surface area contributed by atoms with Crippen molar-refractivity contribution < 1.29 is 0 Å². The molecule has 0 aliphatic heterocycles. The number of aromatic nitrogens is 2. The Balaban J connectivity index is 2.10. The molecule has 3 nitrogen and oxygen atoms in total. The van der Waals surface area contributed by atoms with Crippen LogP contribution in [-0.4, -0.2) is 9.59 Å². The molecule has 0 atom stereocenters. The Hall–Kier alpha value is -0.780. The third kappa shape index (κ3) is 2.66. The van der Waals surface area contributed by atoms with Crippen molar-refractivity contribution in [3.8, 4) is 0 Å². The van der Waals surface area contributed by atoms with Crippen molar-refractivity contribution in [3.05, 3.63) is 33.8 Å². The largest absolute Gasteiger partial charge is 0.399 e. The van der Waals surface area contributed by atoms with Crippen LogP contribution in [0.2, 0.25) is 4.34 Å². The Bertz CT molecular complexity index is 499. The number of nitrogens with two attached hydrogens (primary N) is 1. The highest BCUT2D eigenvalue weighted by Gasteiger charge is 2.07. The number of hydrogen-bond donors (Lipinski definition) is 1. The molecule has 0 fully saturated rings. The summed E-state index contributed by atoms with van der Waals surface area (Å²) in [5, 5.41) is 3.97. The summed E-state index contributed by atoms with van der Waals surface area (Å²) in [7, 11) is 0. The van der Waals surface area contributed by atoms with Crippen LogP contribution in [0.25, 0.3) is 0 Å². The number of thioether (sulfide) groups is 1. The highest BCUT2D eigenvalue weighted by Crippen LogP contribution is 2.30. The van der Waals surface area contributed by atoms with Crippen LogP contribution in [-0.2, 0) is 5.75 Å². The summed E-state index contributed by atoms with van der Waals surface area (Å²) >= 11 is 8.82. The van der Waals surface area contributed by atoms with E-state index in [1.54, 1.807) is 11.8 Å². The summed E-state index contributed by atoms with van der Waals surface area (Å²) in [6.45, 7) is 2.06. The van der Waals surface area contributed by atoms with Crippen molar-refractivity contribution in [3.63, 3.8) is 0 Å². The van der Waals surface area contributed by atoms with Crippen molar-refractivity contribution in [1.82, 2.24) is 9.59 Å². The van der Waals surface area contributed by atoms with Gasteiger partial charge in [0.1, 0.15) is 10.0 Å². The number of nitrogens with zero attached hydrogens (tertiary/aromatic N) is 2. The van der Waals surface area contributed by atoms with E-state index in [2.05, 4.69) is 16.5 Å². The second kappa shape index (κ2) is 5.03. The molecule has 0 amide bonds. The predicted molar refractivity (Wildman–Crippen MR) is 70.1 cm³/mol. The molecule has 0 saturated carbocycles. The fourth-order valence-electron chi connectivity index (χ4n) is 1.20. The van der Waals surface area contributed by atoms with Gasteiger partial charge >= 0.3 is 0 Å². The van der Waals surface area contributed by atoms with Gasteiger partial charge in [-0.25, -0.2) is 0 Å². The molecule has 84 valence electrons. The lowest BCUT2D eigenvalue weighted by molar-refractivity contribution is 1.07. The van der Waals surface area contributed by atoms with Gasteiger partial charge in [0.05, 0.1) is 0 Å². The quantitative estimate of drug-likeness (QED) is 0.687. The zero-order valence-electron chi connectivity index (χ0n) is 8.61. The van der Waals surface area contributed by atoms with Crippen molar-refractivity contribution in [2.45, 2.75) is 17.6 Å². The van der Waals surface area contributed by atoms with E-state index < -0.39 is 0 Å². The molecule has 0 unspecified atom stereocenters. The van der Waals surface area contributed by atoms with E-state index in [4.69, 9.17) is 17.3 Å². The van der Waals surface area contributed by atoms with Crippen molar-refractivity contribution >= 4 is 40.6 Å². The molecule has 1 aromatic carbocycles. The summed E-state index contributed by atoms with van der Waals surface area (Å²) in [6.07, 6.45) is 0. The first-order chi connectivity index (χ1) is 7.66. The van der Waals surface area contributed by atoms with Crippen LogP contribution in [0.4, 0.5) is 5.69 Å². The number of benzene rings is 1. The second-order valence-electron chi connectivity index (χ2n) is 3.31. The Morgan fingerprint density at radius 3 is 3.00 bits per heavy atom. The predicted octanol–water partition coefficient (Wildman–Crippen LogP) is 3.37. The van der Waals surface area contributed by atoms with Crippen LogP contribution >= 0.6 is 34.9 Å². The molecular formula is C10H10ClN3S2. The molecule has 0 radical (unpaired) electrons. The third-order valence-electron chi connectivity index (χ3n) is 2.09. The van der Waals surface area contributed by atoms with Gasteiger partial charge in [0.15, 0.2) is 0 Å². The third-order valence-corrected chi connectivity index (χ3v) is 4.24. The molecule has 0 spiro atoms. The maximum absolute atomic E-state index is 5.93. The van der Waals surface area contributed by atoms with Gasteiger partial charge in [0, 0.05) is 27.9 Å². The Kier molecular flexibility index (Phi) is 3.68. The van der Waals surface area contributed by atoms with Gasteiger partial charge < -0.3 is 5.73 Å². The van der Waals surface area contributed by atoms with Crippen molar-refractivity contribution in [2.24, 2.45) is 0 Å². The maximum atomic E-state index is 5.93. The lowest BCUT2D eigenvalue weighted by Gasteiger charge is -2.05. The number of anilines is 1. The first-order valence-electron chi connectivity index (χ1n) is 4.62. The molecule has 2 N–H and O–H groups in total. The molecule has 16 heavy (non-hydrogen) atoms. The van der Waals surface area contributed by atoms with Gasteiger partial charge in [-0.1, -0.05) is 22.2 Å². The van der Waals surface area contributed by atoms with E-state index in [-0.39, 0.29) is 0 Å². The average Bonchev–Trinajstić information content (AvgIpc) is 2.66. The van der Waals surface area contributed by atoms with Crippen LogP contribution in [0, 0.1) is 6.92 Å². The van der Waals surface area contributed by atoms with E-state index in [0.29, 0.717) is 4.34 Å². The minimum Gasteiger partial charge on any atom is -0.399 e. The molecule has 6 heteroatoms. The fraction of sp³-hybridized carbons (Fsp3) is 0.200. The van der Waals surface area contributed by atoms with Gasteiger partial charge in [-0.15, -0.1) is 16.9 Å². The van der Waals surface area contributed by atoms with Gasteiger partial charge in [0.2, 0.25) is 0 Å². The molecule has 1 aromatic heterocycles. The van der Waals surface area contributed by atoms with E-state index in [0.717, 1.165) is 22.0 Å². The smallest absolute Gasteiger partial charge is 0.138 e. The van der Waals surface area contributed by atoms with E-state index in [1.165, 1.54) is 17.1 Å². The maximum Gasteiger partial charge on any atom is 0.138 e. The number of aryl methyl sites for hydroxylation is 1. The standard InChI is InChI=1S/C10H10ClN3S2/c1-6-2-3-7(12)4-9(6)15-5-8-10(11)16-14-13-8/h2-4H,5,12H2,1H3. The first-order valence-corrected chi connectivity index (χ1v) is 6.76. The number of halogens is 1. The Morgan fingerprint density at radius 1 is 1.50 bits per heavy atom.